The maximum atomic E-state index is 8.76. The third-order valence-corrected chi connectivity index (χ3v) is 3.05. The molecular formula is C15H18N4O2. The van der Waals surface area contributed by atoms with Crippen molar-refractivity contribution in [3.63, 3.8) is 0 Å². The Morgan fingerprint density at radius 2 is 2.05 bits per heavy atom. The molecule has 0 atom stereocenters. The number of nitrogens with two attached hydrogens (primary N) is 1. The van der Waals surface area contributed by atoms with Gasteiger partial charge in [0.25, 0.3) is 0 Å². The molecule has 110 valence electrons. The number of aromatic nitrogens is 1. The van der Waals surface area contributed by atoms with E-state index in [4.69, 9.17) is 15.7 Å². The van der Waals surface area contributed by atoms with Crippen LogP contribution in [0.5, 0.6) is 5.75 Å². The van der Waals surface area contributed by atoms with E-state index in [1.165, 1.54) is 0 Å². The van der Waals surface area contributed by atoms with Gasteiger partial charge in [-0.3, -0.25) is 4.98 Å². The molecule has 4 N–H and O–H groups in total. The van der Waals surface area contributed by atoms with Gasteiger partial charge in [0.1, 0.15) is 11.4 Å². The first kappa shape index (κ1) is 14.8. The molecule has 0 aliphatic rings. The minimum atomic E-state index is 0.0110. The summed E-state index contributed by atoms with van der Waals surface area (Å²) in [6, 6.07) is 11.5. The molecule has 0 aliphatic carbocycles. The number of hydrogen-bond acceptors (Lipinski definition) is 5. The van der Waals surface area contributed by atoms with Crippen LogP contribution in [0.1, 0.15) is 16.8 Å². The predicted octanol–water partition coefficient (Wildman–Crippen LogP) is 1.47. The molecule has 0 radical (unpaired) electrons. The lowest BCUT2D eigenvalue weighted by Gasteiger charge is -2.09. The predicted molar refractivity (Wildman–Crippen MR) is 80.3 cm³/mol. The molecule has 2 aromatic rings. The smallest absolute Gasteiger partial charge is 0.189 e. The van der Waals surface area contributed by atoms with E-state index in [-0.39, 0.29) is 5.84 Å². The van der Waals surface area contributed by atoms with Crippen LogP contribution >= 0.6 is 0 Å². The summed E-state index contributed by atoms with van der Waals surface area (Å²) in [4.78, 5) is 4.13. The molecule has 1 heterocycles. The molecule has 0 fully saturated rings. The van der Waals surface area contributed by atoms with Crippen LogP contribution in [0.15, 0.2) is 47.8 Å². The van der Waals surface area contributed by atoms with E-state index < -0.39 is 0 Å². The Kier molecular flexibility index (Phi) is 5.11. The molecule has 0 aliphatic heterocycles. The lowest BCUT2D eigenvalue weighted by Crippen LogP contribution is -2.21. The van der Waals surface area contributed by atoms with Crippen LogP contribution in [0.2, 0.25) is 0 Å². The van der Waals surface area contributed by atoms with Crippen molar-refractivity contribution in [3.8, 4) is 5.75 Å². The number of benzene rings is 1. The zero-order valence-corrected chi connectivity index (χ0v) is 11.8. The first-order valence-corrected chi connectivity index (χ1v) is 6.50. The van der Waals surface area contributed by atoms with Crippen molar-refractivity contribution in [2.75, 3.05) is 7.11 Å². The van der Waals surface area contributed by atoms with Gasteiger partial charge in [-0.05, 0) is 29.3 Å². The topological polar surface area (TPSA) is 92.8 Å². The quantitative estimate of drug-likeness (QED) is 0.324. The van der Waals surface area contributed by atoms with Crippen molar-refractivity contribution in [2.24, 2.45) is 10.9 Å². The van der Waals surface area contributed by atoms with E-state index in [0.29, 0.717) is 18.8 Å². The van der Waals surface area contributed by atoms with E-state index in [1.807, 2.05) is 36.4 Å². The van der Waals surface area contributed by atoms with Gasteiger partial charge in [-0.15, -0.1) is 0 Å². The molecule has 0 saturated carbocycles. The lowest BCUT2D eigenvalue weighted by molar-refractivity contribution is 0.318. The van der Waals surface area contributed by atoms with Crippen molar-refractivity contribution in [1.29, 1.82) is 0 Å². The van der Waals surface area contributed by atoms with Gasteiger partial charge in [-0.25, -0.2) is 0 Å². The summed E-state index contributed by atoms with van der Waals surface area (Å²) >= 11 is 0. The second-order valence-electron chi connectivity index (χ2n) is 4.45. The van der Waals surface area contributed by atoms with Gasteiger partial charge >= 0.3 is 0 Å². The number of ether oxygens (including phenoxy) is 1. The molecule has 1 aromatic heterocycles. The molecule has 6 heteroatoms. The highest BCUT2D eigenvalue weighted by atomic mass is 16.5. The summed E-state index contributed by atoms with van der Waals surface area (Å²) < 4.78 is 5.12. The van der Waals surface area contributed by atoms with Crippen LogP contribution in [0.25, 0.3) is 0 Å². The average Bonchev–Trinajstić information content (AvgIpc) is 2.55. The Labute approximate surface area is 123 Å². The lowest BCUT2D eigenvalue weighted by atomic mass is 10.1. The summed E-state index contributed by atoms with van der Waals surface area (Å²) in [5, 5.41) is 15.1. The van der Waals surface area contributed by atoms with Gasteiger partial charge in [-0.1, -0.05) is 23.4 Å². The number of nitrogens with zero attached hydrogens (tertiary/aromatic N) is 2. The van der Waals surface area contributed by atoms with Crippen molar-refractivity contribution >= 4 is 5.84 Å². The molecule has 0 unspecified atom stereocenters. The third-order valence-electron chi connectivity index (χ3n) is 3.05. The maximum Gasteiger partial charge on any atom is 0.189 e. The number of pyridine rings is 1. The monoisotopic (exact) mass is 286 g/mol. The van der Waals surface area contributed by atoms with Gasteiger partial charge < -0.3 is 21.0 Å². The highest BCUT2D eigenvalue weighted by molar-refractivity contribution is 5.96. The molecule has 1 aromatic carbocycles. The fraction of sp³-hybridized carbons (Fsp3) is 0.200. The van der Waals surface area contributed by atoms with Gasteiger partial charge in [0, 0.05) is 19.3 Å². The zero-order chi connectivity index (χ0) is 15.1. The molecule has 0 amide bonds. The SMILES string of the molecule is COc1ccc(CNCc2cccnc2C(N)=NO)cc1. The highest BCUT2D eigenvalue weighted by Crippen LogP contribution is 2.11. The average molecular weight is 286 g/mol. The van der Waals surface area contributed by atoms with E-state index in [0.717, 1.165) is 16.9 Å². The van der Waals surface area contributed by atoms with E-state index in [2.05, 4.69) is 15.5 Å². The molecule has 0 spiro atoms. The maximum absolute atomic E-state index is 8.76. The minimum absolute atomic E-state index is 0.0110. The first-order valence-electron chi connectivity index (χ1n) is 6.50. The van der Waals surface area contributed by atoms with Crippen LogP contribution in [0.3, 0.4) is 0 Å². The number of nitrogens with one attached hydrogen (secondary N) is 1. The summed E-state index contributed by atoms with van der Waals surface area (Å²) in [5.41, 5.74) is 8.11. The van der Waals surface area contributed by atoms with E-state index in [1.54, 1.807) is 13.3 Å². The Morgan fingerprint density at radius 3 is 2.71 bits per heavy atom. The Bertz CT molecular complexity index is 611. The molecule has 21 heavy (non-hydrogen) atoms. The van der Waals surface area contributed by atoms with Crippen molar-refractivity contribution in [3.05, 3.63) is 59.4 Å². The summed E-state index contributed by atoms with van der Waals surface area (Å²) in [6.45, 7) is 1.28. The summed E-state index contributed by atoms with van der Waals surface area (Å²) in [7, 11) is 1.64. The third kappa shape index (κ3) is 3.93. The normalized spacial score (nSPS) is 11.4. The molecule has 0 bridgehead atoms. The highest BCUT2D eigenvalue weighted by Gasteiger charge is 2.07. The van der Waals surface area contributed by atoms with Gasteiger partial charge in [0.05, 0.1) is 7.11 Å². The van der Waals surface area contributed by atoms with Crippen molar-refractivity contribution in [2.45, 2.75) is 13.1 Å². The largest absolute Gasteiger partial charge is 0.497 e. The van der Waals surface area contributed by atoms with Crippen LogP contribution in [0, 0.1) is 0 Å². The van der Waals surface area contributed by atoms with E-state index in [9.17, 15) is 0 Å². The van der Waals surface area contributed by atoms with Crippen molar-refractivity contribution in [1.82, 2.24) is 10.3 Å². The summed E-state index contributed by atoms with van der Waals surface area (Å²) in [5.74, 6) is 0.845. The van der Waals surface area contributed by atoms with Gasteiger partial charge in [0.15, 0.2) is 5.84 Å². The van der Waals surface area contributed by atoms with Gasteiger partial charge in [0.2, 0.25) is 0 Å². The van der Waals surface area contributed by atoms with Crippen LogP contribution in [0.4, 0.5) is 0 Å². The second kappa shape index (κ2) is 7.25. The molecule has 2 rings (SSSR count). The standard InChI is InChI=1S/C15H18N4O2/c1-21-13-6-4-11(5-7-13)9-17-10-12-3-2-8-18-14(12)15(16)19-20/h2-8,17,20H,9-10H2,1H3,(H2,16,19). The van der Waals surface area contributed by atoms with Crippen molar-refractivity contribution < 1.29 is 9.94 Å². The Balaban J connectivity index is 1.97. The fourth-order valence-corrected chi connectivity index (χ4v) is 1.94. The van der Waals surface area contributed by atoms with Crippen LogP contribution < -0.4 is 15.8 Å². The van der Waals surface area contributed by atoms with Crippen LogP contribution in [-0.2, 0) is 13.1 Å². The molecular weight excluding hydrogens is 268 g/mol. The number of hydrogen-bond donors (Lipinski definition) is 3. The molecule has 6 nitrogen and oxygen atoms in total. The van der Waals surface area contributed by atoms with E-state index >= 15 is 0 Å². The Hall–Kier alpha value is -2.60. The second-order valence-corrected chi connectivity index (χ2v) is 4.45. The Morgan fingerprint density at radius 1 is 1.29 bits per heavy atom. The zero-order valence-electron chi connectivity index (χ0n) is 11.8. The number of oxime groups is 1. The van der Waals surface area contributed by atoms with Crippen LogP contribution in [-0.4, -0.2) is 23.1 Å². The minimum Gasteiger partial charge on any atom is -0.497 e. The first-order chi connectivity index (χ1) is 10.2. The van der Waals surface area contributed by atoms with Gasteiger partial charge in [-0.2, -0.15) is 0 Å². The molecule has 0 saturated heterocycles. The summed E-state index contributed by atoms with van der Waals surface area (Å²) in [6.07, 6.45) is 1.61. The fourth-order valence-electron chi connectivity index (χ4n) is 1.94. The number of methoxy groups -OCH3 is 1. The number of rotatable bonds is 6. The number of amidine groups is 1.